The van der Waals surface area contributed by atoms with Crippen molar-refractivity contribution in [2.75, 3.05) is 11.1 Å². The lowest BCUT2D eigenvalue weighted by Gasteiger charge is -2.09. The average Bonchev–Trinajstić information content (AvgIpc) is 3.48. The predicted molar refractivity (Wildman–Crippen MR) is 135 cm³/mol. The van der Waals surface area contributed by atoms with E-state index in [0.717, 1.165) is 40.0 Å². The molecule has 7 nitrogen and oxygen atoms in total. The fraction of sp³-hybridized carbons (Fsp3) is 0.308. The van der Waals surface area contributed by atoms with E-state index in [0.29, 0.717) is 11.7 Å². The van der Waals surface area contributed by atoms with Crippen molar-refractivity contribution in [3.8, 4) is 16.9 Å². The van der Waals surface area contributed by atoms with Crippen molar-refractivity contribution < 1.29 is 4.79 Å². The maximum absolute atomic E-state index is 13.0. The summed E-state index contributed by atoms with van der Waals surface area (Å²) in [5.74, 6) is 2.36. The highest BCUT2D eigenvalue weighted by molar-refractivity contribution is 7.99. The number of benzene rings is 2. The third-order valence-corrected chi connectivity index (χ3v) is 6.95. The van der Waals surface area contributed by atoms with Crippen molar-refractivity contribution in [1.82, 2.24) is 24.5 Å². The standard InChI is InChI=1S/C26H28N6OS/c1-4-31-25(19-12-13-19)28-29-26(31)34-16-24(33)27-23-15-22(21-14-17(2)10-11-18(21)3)30-32(23)20-8-6-5-7-9-20/h5-11,14-15,19H,4,12-13,16H2,1-3H3,(H,27,33). The second-order valence-electron chi connectivity index (χ2n) is 8.68. The van der Waals surface area contributed by atoms with Gasteiger partial charge in [0.1, 0.15) is 11.6 Å². The minimum atomic E-state index is -0.103. The molecule has 0 radical (unpaired) electrons. The Hall–Kier alpha value is -3.39. The van der Waals surface area contributed by atoms with Crippen LogP contribution in [0.4, 0.5) is 5.82 Å². The quantitative estimate of drug-likeness (QED) is 0.349. The van der Waals surface area contributed by atoms with Gasteiger partial charge in [-0.2, -0.15) is 5.10 Å². The molecule has 1 amide bonds. The maximum atomic E-state index is 13.0. The van der Waals surface area contributed by atoms with Crippen LogP contribution in [0.25, 0.3) is 16.9 Å². The lowest BCUT2D eigenvalue weighted by Crippen LogP contribution is -2.17. The number of anilines is 1. The second-order valence-corrected chi connectivity index (χ2v) is 9.62. The topological polar surface area (TPSA) is 77.6 Å². The van der Waals surface area contributed by atoms with Crippen LogP contribution in [0.3, 0.4) is 0 Å². The number of para-hydroxylation sites is 1. The molecule has 1 N–H and O–H groups in total. The summed E-state index contributed by atoms with van der Waals surface area (Å²) < 4.78 is 3.92. The van der Waals surface area contributed by atoms with Gasteiger partial charge in [0.25, 0.3) is 0 Å². The number of aromatic nitrogens is 5. The summed E-state index contributed by atoms with van der Waals surface area (Å²) in [5.41, 5.74) is 5.09. The average molecular weight is 473 g/mol. The summed E-state index contributed by atoms with van der Waals surface area (Å²) in [6, 6.07) is 18.1. The van der Waals surface area contributed by atoms with Gasteiger partial charge in [0.15, 0.2) is 5.16 Å². The van der Waals surface area contributed by atoms with Crippen LogP contribution < -0.4 is 5.32 Å². The summed E-state index contributed by atoms with van der Waals surface area (Å²) in [5, 5.41) is 17.4. The lowest BCUT2D eigenvalue weighted by molar-refractivity contribution is -0.113. The lowest BCUT2D eigenvalue weighted by atomic mass is 10.0. The minimum Gasteiger partial charge on any atom is -0.310 e. The fourth-order valence-electron chi connectivity index (χ4n) is 4.04. The highest BCUT2D eigenvalue weighted by Gasteiger charge is 2.30. The third kappa shape index (κ3) is 4.63. The number of thioether (sulfide) groups is 1. The Kier molecular flexibility index (Phi) is 6.24. The van der Waals surface area contributed by atoms with Crippen LogP contribution in [0.5, 0.6) is 0 Å². The summed E-state index contributed by atoms with van der Waals surface area (Å²) in [6.07, 6.45) is 2.35. The molecule has 4 aromatic rings. The first kappa shape index (κ1) is 22.4. The largest absolute Gasteiger partial charge is 0.310 e. The zero-order valence-corrected chi connectivity index (χ0v) is 20.5. The van der Waals surface area contributed by atoms with Crippen LogP contribution in [-0.4, -0.2) is 36.2 Å². The molecule has 5 rings (SSSR count). The first-order valence-corrected chi connectivity index (χ1v) is 12.6. The van der Waals surface area contributed by atoms with Gasteiger partial charge in [-0.15, -0.1) is 10.2 Å². The van der Waals surface area contributed by atoms with Crippen LogP contribution in [-0.2, 0) is 11.3 Å². The molecule has 0 spiro atoms. The van der Waals surface area contributed by atoms with Crippen LogP contribution >= 0.6 is 11.8 Å². The molecule has 1 aliphatic rings. The van der Waals surface area contributed by atoms with E-state index in [4.69, 9.17) is 5.10 Å². The number of rotatable bonds is 8. The monoisotopic (exact) mass is 472 g/mol. The van der Waals surface area contributed by atoms with Gasteiger partial charge in [0.2, 0.25) is 5.91 Å². The van der Waals surface area contributed by atoms with Gasteiger partial charge in [-0.1, -0.05) is 47.7 Å². The number of hydrogen-bond donors (Lipinski definition) is 1. The molecule has 0 unspecified atom stereocenters. The number of nitrogens with zero attached hydrogens (tertiary/aromatic N) is 5. The Morgan fingerprint density at radius 3 is 2.62 bits per heavy atom. The number of carbonyl (C=O) groups is 1. The Morgan fingerprint density at radius 2 is 1.88 bits per heavy atom. The van der Waals surface area contributed by atoms with Crippen molar-refractivity contribution in [3.63, 3.8) is 0 Å². The van der Waals surface area contributed by atoms with Gasteiger partial charge in [-0.3, -0.25) is 4.79 Å². The summed E-state index contributed by atoms with van der Waals surface area (Å²) in [6.45, 7) is 7.04. The molecule has 0 saturated heterocycles. The van der Waals surface area contributed by atoms with Crippen LogP contribution in [0.2, 0.25) is 0 Å². The molecule has 1 fully saturated rings. The molecule has 174 valence electrons. The van der Waals surface area contributed by atoms with Gasteiger partial charge in [-0.05, 0) is 57.4 Å². The van der Waals surface area contributed by atoms with E-state index < -0.39 is 0 Å². The molecule has 2 aromatic carbocycles. The number of carbonyl (C=O) groups excluding carboxylic acids is 1. The van der Waals surface area contributed by atoms with Gasteiger partial charge in [-0.25, -0.2) is 4.68 Å². The first-order valence-electron chi connectivity index (χ1n) is 11.6. The number of nitrogens with one attached hydrogen (secondary N) is 1. The van der Waals surface area contributed by atoms with Gasteiger partial charge in [0.05, 0.1) is 17.1 Å². The zero-order valence-electron chi connectivity index (χ0n) is 19.7. The molecular formula is C26H28N6OS. The molecule has 0 bridgehead atoms. The Bertz CT molecular complexity index is 1320. The van der Waals surface area contributed by atoms with Crippen molar-refractivity contribution in [3.05, 3.63) is 71.5 Å². The van der Waals surface area contributed by atoms with Crippen molar-refractivity contribution in [2.45, 2.75) is 51.2 Å². The van der Waals surface area contributed by atoms with Crippen LogP contribution in [0, 0.1) is 13.8 Å². The highest BCUT2D eigenvalue weighted by atomic mass is 32.2. The van der Waals surface area contributed by atoms with E-state index in [-0.39, 0.29) is 11.7 Å². The molecule has 1 aliphatic carbocycles. The fourth-order valence-corrected chi connectivity index (χ4v) is 4.85. The number of aryl methyl sites for hydroxylation is 2. The third-order valence-electron chi connectivity index (χ3n) is 5.98. The highest BCUT2D eigenvalue weighted by Crippen LogP contribution is 2.40. The predicted octanol–water partition coefficient (Wildman–Crippen LogP) is 5.38. The molecule has 34 heavy (non-hydrogen) atoms. The van der Waals surface area contributed by atoms with Crippen molar-refractivity contribution in [2.24, 2.45) is 0 Å². The maximum Gasteiger partial charge on any atom is 0.236 e. The molecule has 8 heteroatoms. The number of amides is 1. The molecule has 0 atom stereocenters. The molecule has 1 saturated carbocycles. The minimum absolute atomic E-state index is 0.103. The molecule has 2 aromatic heterocycles. The number of hydrogen-bond acceptors (Lipinski definition) is 5. The van der Waals surface area contributed by atoms with Crippen molar-refractivity contribution in [1.29, 1.82) is 0 Å². The second kappa shape index (κ2) is 9.46. The van der Waals surface area contributed by atoms with E-state index in [9.17, 15) is 4.79 Å². The van der Waals surface area contributed by atoms with Gasteiger partial charge in [0, 0.05) is 24.1 Å². The normalized spacial score (nSPS) is 13.3. The SMILES string of the molecule is CCn1c(SCC(=O)Nc2cc(-c3cc(C)ccc3C)nn2-c2ccccc2)nnc1C1CC1. The van der Waals surface area contributed by atoms with Crippen LogP contribution in [0.15, 0.2) is 59.8 Å². The van der Waals surface area contributed by atoms with E-state index in [1.807, 2.05) is 36.4 Å². The van der Waals surface area contributed by atoms with E-state index in [1.54, 1.807) is 4.68 Å². The summed E-state index contributed by atoms with van der Waals surface area (Å²) in [7, 11) is 0. The van der Waals surface area contributed by atoms with Crippen molar-refractivity contribution >= 4 is 23.5 Å². The Morgan fingerprint density at radius 1 is 1.09 bits per heavy atom. The van der Waals surface area contributed by atoms with E-state index in [2.05, 4.69) is 59.1 Å². The van der Waals surface area contributed by atoms with E-state index in [1.165, 1.54) is 30.2 Å². The summed E-state index contributed by atoms with van der Waals surface area (Å²) in [4.78, 5) is 13.0. The zero-order chi connectivity index (χ0) is 23.7. The summed E-state index contributed by atoms with van der Waals surface area (Å²) >= 11 is 1.42. The van der Waals surface area contributed by atoms with Crippen LogP contribution in [0.1, 0.15) is 42.6 Å². The smallest absolute Gasteiger partial charge is 0.236 e. The molecule has 0 aliphatic heterocycles. The molecular weight excluding hydrogens is 444 g/mol. The Labute approximate surface area is 203 Å². The van der Waals surface area contributed by atoms with E-state index >= 15 is 0 Å². The Balaban J connectivity index is 1.38. The molecule has 2 heterocycles. The van der Waals surface area contributed by atoms with Gasteiger partial charge < -0.3 is 9.88 Å². The first-order chi connectivity index (χ1) is 16.5. The van der Waals surface area contributed by atoms with Gasteiger partial charge >= 0.3 is 0 Å².